The molecule has 2 aromatic rings. The Hall–Kier alpha value is -1.85. The van der Waals surface area contributed by atoms with E-state index < -0.39 is 5.41 Å². The number of fused-ring (bicyclic) bond motifs is 1. The van der Waals surface area contributed by atoms with Gasteiger partial charge in [-0.3, -0.25) is 0 Å². The molecule has 0 aliphatic heterocycles. The van der Waals surface area contributed by atoms with Crippen LogP contribution in [0.4, 0.5) is 0 Å². The maximum Gasteiger partial charge on any atom is 0.0800 e. The number of rotatable bonds is 5. The van der Waals surface area contributed by atoms with E-state index >= 15 is 0 Å². The minimum Gasteiger partial charge on any atom is -0.309 e. The topological polar surface area (TPSA) is 27.0 Å². The molecule has 0 aliphatic rings. The zero-order valence-corrected chi connectivity index (χ0v) is 12.6. The van der Waals surface area contributed by atoms with Crippen LogP contribution >= 0.6 is 0 Å². The highest BCUT2D eigenvalue weighted by Crippen LogP contribution is 2.33. The highest BCUT2D eigenvalue weighted by Gasteiger charge is 2.27. The van der Waals surface area contributed by atoms with Gasteiger partial charge < -0.3 is 4.90 Å². The molecule has 2 nitrogen and oxygen atoms in total. The maximum absolute atomic E-state index is 9.70. The summed E-state index contributed by atoms with van der Waals surface area (Å²) in [6, 6.07) is 17.1. The molecule has 0 aliphatic carbocycles. The van der Waals surface area contributed by atoms with Crippen LogP contribution in [0.1, 0.15) is 25.3 Å². The molecule has 0 unspecified atom stereocenters. The molecule has 0 bridgehead atoms. The minimum absolute atomic E-state index is 0.420. The van der Waals surface area contributed by atoms with Crippen molar-refractivity contribution >= 4 is 10.8 Å². The Morgan fingerprint density at radius 2 is 1.80 bits per heavy atom. The van der Waals surface area contributed by atoms with Gasteiger partial charge in [-0.15, -0.1) is 0 Å². The van der Waals surface area contributed by atoms with Gasteiger partial charge in [0.05, 0.1) is 11.5 Å². The van der Waals surface area contributed by atoms with E-state index in [0.29, 0.717) is 0 Å². The molecule has 2 rings (SSSR count). The Morgan fingerprint density at radius 1 is 1.10 bits per heavy atom. The van der Waals surface area contributed by atoms with Crippen LogP contribution in [0.25, 0.3) is 10.8 Å². The van der Waals surface area contributed by atoms with Crippen molar-refractivity contribution in [1.82, 2.24) is 4.90 Å². The van der Waals surface area contributed by atoms with Gasteiger partial charge in [0.25, 0.3) is 0 Å². The lowest BCUT2D eigenvalue weighted by atomic mass is 9.77. The van der Waals surface area contributed by atoms with Crippen molar-refractivity contribution in [1.29, 1.82) is 5.26 Å². The summed E-state index contributed by atoms with van der Waals surface area (Å²) in [6.07, 6.45) is 1.91. The molecule has 0 radical (unpaired) electrons. The number of nitrogens with zero attached hydrogens (tertiary/aromatic N) is 2. The van der Waals surface area contributed by atoms with Crippen molar-refractivity contribution in [2.45, 2.75) is 25.2 Å². The minimum atomic E-state index is -0.420. The van der Waals surface area contributed by atoms with Crippen LogP contribution in [0.15, 0.2) is 42.5 Å². The van der Waals surface area contributed by atoms with Gasteiger partial charge in [-0.05, 0) is 56.7 Å². The average Bonchev–Trinajstić information content (AvgIpc) is 2.46. The van der Waals surface area contributed by atoms with Crippen LogP contribution in [0.5, 0.6) is 0 Å². The van der Waals surface area contributed by atoms with Gasteiger partial charge in [0.2, 0.25) is 0 Å². The van der Waals surface area contributed by atoms with Gasteiger partial charge >= 0.3 is 0 Å². The molecule has 0 aromatic heterocycles. The van der Waals surface area contributed by atoms with E-state index in [1.54, 1.807) is 0 Å². The van der Waals surface area contributed by atoms with Crippen molar-refractivity contribution < 1.29 is 0 Å². The Labute approximate surface area is 121 Å². The molecule has 0 spiro atoms. The first-order valence-electron chi connectivity index (χ1n) is 7.11. The standard InChI is InChI=1S/C18H22N2/c1-18(14-19,12-7-13-20(2)3)17-11-6-9-15-8-4-5-10-16(15)17/h4-6,8-11H,7,12-13H2,1-3H3/t18-/m0/s1. The van der Waals surface area contributed by atoms with E-state index in [9.17, 15) is 5.26 Å². The van der Waals surface area contributed by atoms with Crippen LogP contribution in [0.2, 0.25) is 0 Å². The second-order valence-electron chi connectivity index (χ2n) is 5.88. The van der Waals surface area contributed by atoms with E-state index in [1.807, 2.05) is 12.1 Å². The fraction of sp³-hybridized carbons (Fsp3) is 0.389. The van der Waals surface area contributed by atoms with Crippen molar-refractivity contribution in [3.63, 3.8) is 0 Å². The number of nitriles is 1. The van der Waals surface area contributed by atoms with Crippen LogP contribution in [-0.2, 0) is 5.41 Å². The van der Waals surface area contributed by atoms with E-state index in [2.05, 4.69) is 62.3 Å². The zero-order chi connectivity index (χ0) is 14.6. The fourth-order valence-corrected chi connectivity index (χ4v) is 2.71. The highest BCUT2D eigenvalue weighted by molar-refractivity contribution is 5.87. The lowest BCUT2D eigenvalue weighted by Crippen LogP contribution is -2.23. The summed E-state index contributed by atoms with van der Waals surface area (Å²) in [5, 5.41) is 12.1. The first kappa shape index (κ1) is 14.6. The van der Waals surface area contributed by atoms with Gasteiger partial charge in [-0.1, -0.05) is 42.5 Å². The van der Waals surface area contributed by atoms with Crippen molar-refractivity contribution in [3.8, 4) is 6.07 Å². The Balaban J connectivity index is 2.36. The zero-order valence-electron chi connectivity index (χ0n) is 12.6. The summed E-state index contributed by atoms with van der Waals surface area (Å²) in [5.74, 6) is 0. The summed E-state index contributed by atoms with van der Waals surface area (Å²) in [5.41, 5.74) is 0.730. The van der Waals surface area contributed by atoms with Crippen molar-refractivity contribution in [2.24, 2.45) is 0 Å². The van der Waals surface area contributed by atoms with Gasteiger partial charge in [0.15, 0.2) is 0 Å². The van der Waals surface area contributed by atoms with Gasteiger partial charge in [0.1, 0.15) is 0 Å². The molecule has 0 heterocycles. The Bertz CT molecular complexity index is 619. The lowest BCUT2D eigenvalue weighted by molar-refractivity contribution is 0.375. The lowest BCUT2D eigenvalue weighted by Gasteiger charge is -2.24. The number of hydrogen-bond donors (Lipinski definition) is 0. The van der Waals surface area contributed by atoms with Crippen molar-refractivity contribution in [2.75, 3.05) is 20.6 Å². The molecular weight excluding hydrogens is 244 g/mol. The summed E-state index contributed by atoms with van der Waals surface area (Å²) in [7, 11) is 4.14. The van der Waals surface area contributed by atoms with Gasteiger partial charge in [-0.2, -0.15) is 5.26 Å². The van der Waals surface area contributed by atoms with E-state index in [0.717, 1.165) is 24.9 Å². The fourth-order valence-electron chi connectivity index (χ4n) is 2.71. The molecule has 104 valence electrons. The second-order valence-corrected chi connectivity index (χ2v) is 5.88. The molecule has 2 aromatic carbocycles. The molecule has 0 saturated heterocycles. The second kappa shape index (κ2) is 6.07. The third kappa shape index (κ3) is 3.00. The maximum atomic E-state index is 9.70. The van der Waals surface area contributed by atoms with Crippen LogP contribution < -0.4 is 0 Å². The normalized spacial score (nSPS) is 14.2. The quantitative estimate of drug-likeness (QED) is 0.819. The largest absolute Gasteiger partial charge is 0.309 e. The molecule has 0 amide bonds. The average molecular weight is 266 g/mol. The number of hydrogen-bond acceptors (Lipinski definition) is 2. The monoisotopic (exact) mass is 266 g/mol. The summed E-state index contributed by atoms with van der Waals surface area (Å²) >= 11 is 0. The van der Waals surface area contributed by atoms with Crippen LogP contribution in [0, 0.1) is 11.3 Å². The van der Waals surface area contributed by atoms with E-state index in [4.69, 9.17) is 0 Å². The summed E-state index contributed by atoms with van der Waals surface area (Å²) in [4.78, 5) is 2.17. The predicted molar refractivity (Wildman–Crippen MR) is 84.7 cm³/mol. The molecule has 0 N–H and O–H groups in total. The summed E-state index contributed by atoms with van der Waals surface area (Å²) < 4.78 is 0. The highest BCUT2D eigenvalue weighted by atomic mass is 15.0. The molecule has 2 heteroatoms. The third-order valence-corrected chi connectivity index (χ3v) is 3.91. The summed E-state index contributed by atoms with van der Waals surface area (Å²) in [6.45, 7) is 3.08. The van der Waals surface area contributed by atoms with Crippen LogP contribution in [0.3, 0.4) is 0 Å². The van der Waals surface area contributed by atoms with E-state index in [-0.39, 0.29) is 0 Å². The molecule has 1 atom stereocenters. The van der Waals surface area contributed by atoms with Gasteiger partial charge in [-0.25, -0.2) is 0 Å². The smallest absolute Gasteiger partial charge is 0.0800 e. The first-order valence-corrected chi connectivity index (χ1v) is 7.11. The van der Waals surface area contributed by atoms with Crippen LogP contribution in [-0.4, -0.2) is 25.5 Å². The number of benzene rings is 2. The SMILES string of the molecule is CN(C)CCC[C@@](C)(C#N)c1cccc2ccccc12. The molecular formula is C18H22N2. The first-order chi connectivity index (χ1) is 9.57. The predicted octanol–water partition coefficient (Wildman–Crippen LogP) is 3.96. The van der Waals surface area contributed by atoms with E-state index in [1.165, 1.54) is 10.8 Å². The van der Waals surface area contributed by atoms with Gasteiger partial charge in [0, 0.05) is 0 Å². The molecule has 0 fully saturated rings. The molecule has 20 heavy (non-hydrogen) atoms. The Kier molecular flexibility index (Phi) is 4.42. The molecule has 0 saturated carbocycles. The van der Waals surface area contributed by atoms with Crippen molar-refractivity contribution in [3.05, 3.63) is 48.0 Å². The third-order valence-electron chi connectivity index (χ3n) is 3.91. The Morgan fingerprint density at radius 3 is 2.50 bits per heavy atom.